The van der Waals surface area contributed by atoms with Crippen molar-refractivity contribution in [1.82, 2.24) is 15.1 Å². The summed E-state index contributed by atoms with van der Waals surface area (Å²) in [5, 5.41) is 6.25. The second-order valence-electron chi connectivity index (χ2n) is 12.7. The van der Waals surface area contributed by atoms with E-state index >= 15 is 0 Å². The molecule has 1 aromatic rings. The standard InChI is InChI=1S/C32H44N4O5/c1-21-13-18-35(19-14-21)16-7-17-36-28(30(38)33-22-8-4-3-5-9-22)32-15-12-25(41-32)26(27(32)31(36)39)29(37)34-23-10-6-11-24(20-23)40-2/h6,10-12,15,20-22,25-28H,3-5,7-9,13-14,16-19H2,1-2H3,(H,33,38)(H,34,37)/t25-,26+,27-,28+,32-/m0/s1. The number of fused-ring (bicyclic) bond motifs is 1. The number of ether oxygens (including phenoxy) is 2. The number of anilines is 1. The number of hydrogen-bond donors (Lipinski definition) is 2. The lowest BCUT2D eigenvalue weighted by atomic mass is 9.74. The number of methoxy groups -OCH3 is 1. The maximum absolute atomic E-state index is 14.2. The number of benzene rings is 1. The molecule has 1 saturated carbocycles. The first-order valence-electron chi connectivity index (χ1n) is 15.5. The molecule has 2 bridgehead atoms. The van der Waals surface area contributed by atoms with Gasteiger partial charge in [-0.25, -0.2) is 0 Å². The second kappa shape index (κ2) is 11.8. The van der Waals surface area contributed by atoms with Crippen molar-refractivity contribution in [2.24, 2.45) is 17.8 Å². The molecule has 1 aromatic carbocycles. The molecule has 1 spiro atoms. The number of likely N-dealkylation sites (tertiary alicyclic amines) is 2. The third-order valence-electron chi connectivity index (χ3n) is 9.96. The van der Waals surface area contributed by atoms with Gasteiger partial charge in [0, 0.05) is 24.3 Å². The molecule has 5 aliphatic rings. The summed E-state index contributed by atoms with van der Waals surface area (Å²) in [4.78, 5) is 46.1. The van der Waals surface area contributed by atoms with Gasteiger partial charge in [0.15, 0.2) is 0 Å². The Hall–Kier alpha value is -2.91. The minimum atomic E-state index is -1.13. The maximum Gasteiger partial charge on any atom is 0.246 e. The summed E-state index contributed by atoms with van der Waals surface area (Å²) in [6.07, 6.45) is 11.7. The van der Waals surface area contributed by atoms with E-state index in [4.69, 9.17) is 9.47 Å². The zero-order valence-corrected chi connectivity index (χ0v) is 24.3. The van der Waals surface area contributed by atoms with Crippen LogP contribution >= 0.6 is 0 Å². The molecule has 41 heavy (non-hydrogen) atoms. The first-order chi connectivity index (χ1) is 19.9. The van der Waals surface area contributed by atoms with Crippen LogP contribution in [0.15, 0.2) is 36.4 Å². The van der Waals surface area contributed by atoms with E-state index in [1.807, 2.05) is 24.3 Å². The lowest BCUT2D eigenvalue weighted by Crippen LogP contribution is -2.56. The summed E-state index contributed by atoms with van der Waals surface area (Å²) < 4.78 is 11.8. The van der Waals surface area contributed by atoms with Gasteiger partial charge in [0.25, 0.3) is 0 Å². The molecule has 0 aromatic heterocycles. The van der Waals surface area contributed by atoms with Crippen molar-refractivity contribution < 1.29 is 23.9 Å². The van der Waals surface area contributed by atoms with E-state index in [0.29, 0.717) is 18.0 Å². The third kappa shape index (κ3) is 5.39. The van der Waals surface area contributed by atoms with Crippen LogP contribution in [-0.4, -0.2) is 84.6 Å². The van der Waals surface area contributed by atoms with E-state index < -0.39 is 29.6 Å². The van der Waals surface area contributed by atoms with Gasteiger partial charge in [-0.3, -0.25) is 14.4 Å². The molecule has 3 saturated heterocycles. The van der Waals surface area contributed by atoms with Gasteiger partial charge >= 0.3 is 0 Å². The molecule has 222 valence electrons. The van der Waals surface area contributed by atoms with Crippen LogP contribution in [0.25, 0.3) is 0 Å². The summed E-state index contributed by atoms with van der Waals surface area (Å²) in [7, 11) is 1.58. The Bertz CT molecular complexity index is 1170. The smallest absolute Gasteiger partial charge is 0.246 e. The molecular weight excluding hydrogens is 520 g/mol. The Balaban J connectivity index is 1.22. The zero-order valence-electron chi connectivity index (χ0n) is 24.3. The van der Waals surface area contributed by atoms with Gasteiger partial charge in [0.2, 0.25) is 17.7 Å². The SMILES string of the molecule is COc1cccc(NC(=O)[C@@H]2[C@@H]3C=C[C@]4(O3)[C@@H]2C(=O)N(CCCN2CCC(C)CC2)[C@@H]4C(=O)NC2CCCCC2)c1. The van der Waals surface area contributed by atoms with Crippen molar-refractivity contribution in [2.75, 3.05) is 38.6 Å². The molecule has 9 nitrogen and oxygen atoms in total. The van der Waals surface area contributed by atoms with Gasteiger partial charge in [0.1, 0.15) is 17.4 Å². The number of piperidine rings is 1. The van der Waals surface area contributed by atoms with Crippen LogP contribution < -0.4 is 15.4 Å². The highest BCUT2D eigenvalue weighted by molar-refractivity contribution is 6.02. The molecule has 6 rings (SSSR count). The lowest BCUT2D eigenvalue weighted by molar-refractivity contribution is -0.141. The Kier molecular flexibility index (Phi) is 8.10. The number of nitrogens with one attached hydrogen (secondary N) is 2. The van der Waals surface area contributed by atoms with E-state index in [1.54, 1.807) is 24.1 Å². The van der Waals surface area contributed by atoms with Gasteiger partial charge in [-0.2, -0.15) is 0 Å². The quantitative estimate of drug-likeness (QED) is 0.447. The fourth-order valence-corrected chi connectivity index (χ4v) is 7.71. The highest BCUT2D eigenvalue weighted by atomic mass is 16.5. The highest BCUT2D eigenvalue weighted by Gasteiger charge is 2.72. The molecule has 9 heteroatoms. The summed E-state index contributed by atoms with van der Waals surface area (Å²) in [6.45, 7) is 5.82. The molecule has 4 aliphatic heterocycles. The Morgan fingerprint density at radius 1 is 1.07 bits per heavy atom. The molecule has 1 aliphatic carbocycles. The first kappa shape index (κ1) is 28.2. The maximum atomic E-state index is 14.2. The molecule has 0 radical (unpaired) electrons. The number of carbonyl (C=O) groups is 3. The lowest BCUT2D eigenvalue weighted by Gasteiger charge is -2.35. The highest BCUT2D eigenvalue weighted by Crippen LogP contribution is 2.55. The minimum Gasteiger partial charge on any atom is -0.497 e. The summed E-state index contributed by atoms with van der Waals surface area (Å²) in [5.41, 5.74) is -0.530. The number of rotatable bonds is 9. The topological polar surface area (TPSA) is 100 Å². The van der Waals surface area contributed by atoms with Crippen molar-refractivity contribution in [1.29, 1.82) is 0 Å². The molecule has 0 unspecified atom stereocenters. The van der Waals surface area contributed by atoms with Crippen LogP contribution in [0, 0.1) is 17.8 Å². The number of amides is 3. The van der Waals surface area contributed by atoms with Gasteiger partial charge in [-0.05, 0) is 69.8 Å². The van der Waals surface area contributed by atoms with Crippen LogP contribution in [0.2, 0.25) is 0 Å². The van der Waals surface area contributed by atoms with Gasteiger partial charge in [-0.15, -0.1) is 0 Å². The average molecular weight is 565 g/mol. The summed E-state index contributed by atoms with van der Waals surface area (Å²) >= 11 is 0. The van der Waals surface area contributed by atoms with Crippen LogP contribution in [0.4, 0.5) is 5.69 Å². The number of nitrogens with zero attached hydrogens (tertiary/aromatic N) is 2. The molecule has 5 atom stereocenters. The Morgan fingerprint density at radius 2 is 1.85 bits per heavy atom. The van der Waals surface area contributed by atoms with E-state index in [1.165, 1.54) is 19.3 Å². The Morgan fingerprint density at radius 3 is 2.61 bits per heavy atom. The normalized spacial score (nSPS) is 31.9. The van der Waals surface area contributed by atoms with Crippen molar-refractivity contribution in [2.45, 2.75) is 82.1 Å². The number of hydrogen-bond acceptors (Lipinski definition) is 6. The fraction of sp³-hybridized carbons (Fsp3) is 0.656. The third-order valence-corrected chi connectivity index (χ3v) is 9.96. The van der Waals surface area contributed by atoms with Crippen molar-refractivity contribution in [3.8, 4) is 5.75 Å². The van der Waals surface area contributed by atoms with Gasteiger partial charge < -0.3 is 29.9 Å². The molecule has 4 heterocycles. The van der Waals surface area contributed by atoms with Crippen molar-refractivity contribution in [3.05, 3.63) is 36.4 Å². The van der Waals surface area contributed by atoms with E-state index in [-0.39, 0.29) is 23.8 Å². The first-order valence-corrected chi connectivity index (χ1v) is 15.5. The molecule has 2 N–H and O–H groups in total. The molecule has 3 amide bonds. The predicted molar refractivity (Wildman–Crippen MR) is 155 cm³/mol. The molecule has 4 fully saturated rings. The predicted octanol–water partition coefficient (Wildman–Crippen LogP) is 3.36. The van der Waals surface area contributed by atoms with Crippen LogP contribution in [0.1, 0.15) is 58.3 Å². The van der Waals surface area contributed by atoms with E-state index in [2.05, 4.69) is 22.5 Å². The van der Waals surface area contributed by atoms with Crippen molar-refractivity contribution in [3.63, 3.8) is 0 Å². The summed E-state index contributed by atoms with van der Waals surface area (Å²) in [6, 6.07) is 6.51. The molecular formula is C32H44N4O5. The zero-order chi connectivity index (χ0) is 28.6. The average Bonchev–Trinajstić information content (AvgIpc) is 3.62. The van der Waals surface area contributed by atoms with Gasteiger partial charge in [0.05, 0.1) is 25.0 Å². The fourth-order valence-electron chi connectivity index (χ4n) is 7.71. The largest absolute Gasteiger partial charge is 0.497 e. The van der Waals surface area contributed by atoms with Crippen LogP contribution in [0.3, 0.4) is 0 Å². The Labute approximate surface area is 243 Å². The summed E-state index contributed by atoms with van der Waals surface area (Å²) in [5.74, 6) is -0.634. The van der Waals surface area contributed by atoms with Crippen LogP contribution in [0.5, 0.6) is 5.75 Å². The van der Waals surface area contributed by atoms with Gasteiger partial charge in [-0.1, -0.05) is 44.4 Å². The second-order valence-corrected chi connectivity index (χ2v) is 12.7. The monoisotopic (exact) mass is 564 g/mol. The van der Waals surface area contributed by atoms with Crippen molar-refractivity contribution >= 4 is 23.4 Å². The van der Waals surface area contributed by atoms with E-state index in [9.17, 15) is 14.4 Å². The van der Waals surface area contributed by atoms with Crippen LogP contribution in [-0.2, 0) is 19.1 Å². The van der Waals surface area contributed by atoms with E-state index in [0.717, 1.165) is 57.7 Å². The number of carbonyl (C=O) groups excluding carboxylic acids is 3. The minimum absolute atomic E-state index is 0.119.